The Morgan fingerprint density at radius 2 is 2.14 bits per heavy atom. The molecular weight excluding hydrogens is 376 g/mol. The Bertz CT molecular complexity index is 621. The van der Waals surface area contributed by atoms with Crippen LogP contribution in [0.5, 0.6) is 0 Å². The quantitative estimate of drug-likeness (QED) is 0.299. The van der Waals surface area contributed by atoms with Crippen LogP contribution >= 0.6 is 15.9 Å². The van der Waals surface area contributed by atoms with Gasteiger partial charge in [-0.25, -0.2) is 0 Å². The number of hydrogen-bond donors (Lipinski definition) is 1. The van der Waals surface area contributed by atoms with Crippen molar-refractivity contribution in [3.8, 4) is 0 Å². The smallest absolute Gasteiger partial charge is 0.292 e. The average molecular weight is 395 g/mol. The molecule has 22 heavy (non-hydrogen) atoms. The minimum absolute atomic E-state index is 0.0239. The highest BCUT2D eigenvalue weighted by molar-refractivity contribution is 9.10. The van der Waals surface area contributed by atoms with Gasteiger partial charge in [0.15, 0.2) is 0 Å². The fraction of sp³-hybridized carbons (Fsp3) is 0.538. The van der Waals surface area contributed by atoms with E-state index in [4.69, 9.17) is 0 Å². The average Bonchev–Trinajstić information content (AvgIpc) is 2.40. The van der Waals surface area contributed by atoms with E-state index in [1.807, 2.05) is 6.92 Å². The Morgan fingerprint density at radius 1 is 1.45 bits per heavy atom. The highest BCUT2D eigenvalue weighted by atomic mass is 79.9. The zero-order valence-electron chi connectivity index (χ0n) is 12.4. The first-order chi connectivity index (χ1) is 10.2. The maximum atomic E-state index is 11.0. The molecule has 0 unspecified atom stereocenters. The molecule has 0 amide bonds. The van der Waals surface area contributed by atoms with Gasteiger partial charge in [-0.15, -0.1) is 0 Å². The zero-order chi connectivity index (χ0) is 16.8. The van der Waals surface area contributed by atoms with Crippen molar-refractivity contribution in [1.29, 1.82) is 0 Å². The highest BCUT2D eigenvalue weighted by Crippen LogP contribution is 2.28. The maximum absolute atomic E-state index is 11.0. The monoisotopic (exact) mass is 394 g/mol. The fourth-order valence-corrected chi connectivity index (χ4v) is 2.62. The second-order valence-electron chi connectivity index (χ2n) is 5.07. The number of rotatable bonds is 9. The molecule has 0 heterocycles. The molecule has 1 atom stereocenters. The minimum Gasteiger partial charge on any atom is -0.379 e. The van der Waals surface area contributed by atoms with E-state index in [1.54, 1.807) is 12.1 Å². The van der Waals surface area contributed by atoms with Crippen LogP contribution in [0.25, 0.3) is 0 Å². The first-order valence-corrected chi connectivity index (χ1v) is 9.32. The number of hydrogen-bond acceptors (Lipinski definition) is 6. The van der Waals surface area contributed by atoms with Crippen LogP contribution in [0, 0.1) is 16.0 Å². The molecular formula is C13H19BrN2O5S. The molecule has 1 rings (SSSR count). The van der Waals surface area contributed by atoms with Gasteiger partial charge in [0.2, 0.25) is 0 Å². The Morgan fingerprint density at radius 3 is 2.73 bits per heavy atom. The van der Waals surface area contributed by atoms with Gasteiger partial charge in [-0.1, -0.05) is 22.9 Å². The van der Waals surface area contributed by atoms with Crippen LogP contribution in [0.15, 0.2) is 22.7 Å². The lowest BCUT2D eigenvalue weighted by Gasteiger charge is -2.13. The molecule has 0 radical (unpaired) electrons. The number of anilines is 1. The van der Waals surface area contributed by atoms with E-state index >= 15 is 0 Å². The van der Waals surface area contributed by atoms with Crippen molar-refractivity contribution in [2.45, 2.75) is 19.8 Å². The van der Waals surface area contributed by atoms with Gasteiger partial charge in [-0.2, -0.15) is 8.42 Å². The molecule has 124 valence electrons. The first kappa shape index (κ1) is 18.9. The summed E-state index contributed by atoms with van der Waals surface area (Å²) in [6.45, 7) is 2.69. The molecule has 7 nitrogen and oxygen atoms in total. The van der Waals surface area contributed by atoms with Crippen molar-refractivity contribution < 1.29 is 17.5 Å². The topological polar surface area (TPSA) is 98.5 Å². The van der Waals surface area contributed by atoms with Gasteiger partial charge in [0.25, 0.3) is 15.8 Å². The summed E-state index contributed by atoms with van der Waals surface area (Å²) in [7, 11) is -3.39. The first-order valence-electron chi connectivity index (χ1n) is 6.71. The molecule has 0 aliphatic carbocycles. The second kappa shape index (κ2) is 8.44. The van der Waals surface area contributed by atoms with Crippen molar-refractivity contribution in [1.82, 2.24) is 0 Å². The third kappa shape index (κ3) is 7.19. The molecule has 0 saturated carbocycles. The molecule has 0 aliphatic heterocycles. The van der Waals surface area contributed by atoms with Gasteiger partial charge < -0.3 is 5.32 Å². The van der Waals surface area contributed by atoms with Crippen molar-refractivity contribution in [3.05, 3.63) is 32.8 Å². The summed E-state index contributed by atoms with van der Waals surface area (Å²) in [6, 6.07) is 4.73. The van der Waals surface area contributed by atoms with Crippen molar-refractivity contribution in [2.75, 3.05) is 24.7 Å². The summed E-state index contributed by atoms with van der Waals surface area (Å²) in [5.74, 6) is 0.224. The Balaban J connectivity index is 2.45. The van der Waals surface area contributed by atoms with E-state index in [2.05, 4.69) is 25.4 Å². The van der Waals surface area contributed by atoms with Crippen LogP contribution in [0.4, 0.5) is 11.4 Å². The molecule has 0 fully saturated rings. The normalized spacial score (nSPS) is 12.9. The summed E-state index contributed by atoms with van der Waals surface area (Å²) in [4.78, 5) is 10.5. The summed E-state index contributed by atoms with van der Waals surface area (Å²) in [6.07, 6.45) is 2.38. The minimum atomic E-state index is -3.39. The number of nitrogens with one attached hydrogen (secondary N) is 1. The second-order valence-corrected chi connectivity index (χ2v) is 7.63. The lowest BCUT2D eigenvalue weighted by molar-refractivity contribution is -0.384. The fourth-order valence-electron chi connectivity index (χ4n) is 1.84. The van der Waals surface area contributed by atoms with Gasteiger partial charge in [-0.05, 0) is 30.9 Å². The number of benzene rings is 1. The zero-order valence-corrected chi connectivity index (χ0v) is 14.8. The summed E-state index contributed by atoms with van der Waals surface area (Å²) in [5, 5.41) is 14.0. The molecule has 1 N–H and O–H groups in total. The third-order valence-electron chi connectivity index (χ3n) is 2.93. The van der Waals surface area contributed by atoms with E-state index in [0.717, 1.165) is 17.1 Å². The van der Waals surface area contributed by atoms with Crippen molar-refractivity contribution in [2.24, 2.45) is 5.92 Å². The van der Waals surface area contributed by atoms with E-state index in [9.17, 15) is 18.5 Å². The lowest BCUT2D eigenvalue weighted by atomic mass is 10.1. The van der Waals surface area contributed by atoms with Gasteiger partial charge in [0.1, 0.15) is 5.69 Å². The Hall–Kier alpha value is -1.19. The van der Waals surface area contributed by atoms with Gasteiger partial charge >= 0.3 is 0 Å². The molecule has 0 spiro atoms. The van der Waals surface area contributed by atoms with Crippen LogP contribution in [0.2, 0.25) is 0 Å². The maximum Gasteiger partial charge on any atom is 0.292 e. The van der Waals surface area contributed by atoms with E-state index in [-0.39, 0.29) is 18.2 Å². The van der Waals surface area contributed by atoms with E-state index < -0.39 is 15.0 Å². The molecule has 9 heteroatoms. The van der Waals surface area contributed by atoms with Gasteiger partial charge in [-0.3, -0.25) is 14.3 Å². The van der Waals surface area contributed by atoms with Gasteiger partial charge in [0, 0.05) is 17.1 Å². The SMILES string of the molecule is C[C@H](CCCOS(C)(=O)=O)CNc1cc(Br)ccc1[N+](=O)[O-]. The van der Waals surface area contributed by atoms with Crippen LogP contribution < -0.4 is 5.32 Å². The lowest BCUT2D eigenvalue weighted by Crippen LogP contribution is -2.13. The van der Waals surface area contributed by atoms with Crippen molar-refractivity contribution >= 4 is 37.4 Å². The van der Waals surface area contributed by atoms with Crippen LogP contribution in [0.3, 0.4) is 0 Å². The van der Waals surface area contributed by atoms with E-state index in [1.165, 1.54) is 6.07 Å². The van der Waals surface area contributed by atoms with Gasteiger partial charge in [0.05, 0.1) is 17.8 Å². The number of nitro groups is 1. The third-order valence-corrected chi connectivity index (χ3v) is 4.02. The van der Waals surface area contributed by atoms with E-state index in [0.29, 0.717) is 18.7 Å². The molecule has 0 aliphatic rings. The number of nitrogens with zero attached hydrogens (tertiary/aromatic N) is 1. The molecule has 1 aromatic rings. The number of nitro benzene ring substituents is 1. The van der Waals surface area contributed by atoms with Crippen LogP contribution in [-0.4, -0.2) is 32.7 Å². The van der Waals surface area contributed by atoms with Crippen molar-refractivity contribution in [3.63, 3.8) is 0 Å². The highest BCUT2D eigenvalue weighted by Gasteiger charge is 2.14. The Labute approximate surface area is 138 Å². The summed E-state index contributed by atoms with van der Waals surface area (Å²) >= 11 is 3.29. The summed E-state index contributed by atoms with van der Waals surface area (Å²) in [5.41, 5.74) is 0.481. The molecule has 0 saturated heterocycles. The molecule has 0 bridgehead atoms. The summed E-state index contributed by atoms with van der Waals surface area (Å²) < 4.78 is 27.1. The standard InChI is InChI=1S/C13H19BrN2O5S/c1-10(4-3-7-21-22(2,19)20)9-15-12-8-11(14)5-6-13(12)16(17)18/h5-6,8,10,15H,3-4,7,9H2,1-2H3/t10-/m1/s1. The Kier molecular flexibility index (Phi) is 7.24. The molecule has 0 aromatic heterocycles. The van der Waals surface area contributed by atoms with Crippen LogP contribution in [0.1, 0.15) is 19.8 Å². The predicted octanol–water partition coefficient (Wildman–Crippen LogP) is 3.16. The van der Waals surface area contributed by atoms with Crippen LogP contribution in [-0.2, 0) is 14.3 Å². The number of halogens is 1. The predicted molar refractivity (Wildman–Crippen MR) is 88.5 cm³/mol. The largest absolute Gasteiger partial charge is 0.379 e. The molecule has 1 aromatic carbocycles.